The van der Waals surface area contributed by atoms with Crippen LogP contribution in [0.15, 0.2) is 30.6 Å². The van der Waals surface area contributed by atoms with Gasteiger partial charge < -0.3 is 10.4 Å². The van der Waals surface area contributed by atoms with Crippen molar-refractivity contribution in [3.63, 3.8) is 0 Å². The van der Waals surface area contributed by atoms with Gasteiger partial charge in [-0.15, -0.1) is 5.10 Å². The summed E-state index contributed by atoms with van der Waals surface area (Å²) in [5.74, 6) is -2.69. The number of amides is 1. The van der Waals surface area contributed by atoms with Crippen LogP contribution in [0.4, 0.5) is 13.2 Å². The second kappa shape index (κ2) is 6.42. The second-order valence-electron chi connectivity index (χ2n) is 4.48. The molecule has 0 bridgehead atoms. The van der Waals surface area contributed by atoms with Crippen molar-refractivity contribution in [1.29, 1.82) is 0 Å². The molecule has 1 aromatic carbocycles. The first kappa shape index (κ1) is 16.4. The first-order valence-electron chi connectivity index (χ1n) is 6.20. The van der Waals surface area contributed by atoms with Crippen molar-refractivity contribution >= 4 is 11.9 Å². The number of halogens is 3. The van der Waals surface area contributed by atoms with E-state index in [2.05, 4.69) is 15.5 Å². The maximum Gasteiger partial charge on any atom is 0.391 e. The lowest BCUT2D eigenvalue weighted by Gasteiger charge is -2.16. The summed E-state index contributed by atoms with van der Waals surface area (Å²) in [5, 5.41) is 21.1. The van der Waals surface area contributed by atoms with Crippen LogP contribution >= 0.6 is 0 Å². The maximum absolute atomic E-state index is 12.3. The average Bonchev–Trinajstić information content (AvgIpc) is 2.99. The van der Waals surface area contributed by atoms with Crippen LogP contribution in [0.3, 0.4) is 0 Å². The van der Waals surface area contributed by atoms with Gasteiger partial charge in [0.15, 0.2) is 0 Å². The molecule has 0 aliphatic rings. The highest BCUT2D eigenvalue weighted by atomic mass is 19.4. The van der Waals surface area contributed by atoms with E-state index in [9.17, 15) is 22.8 Å². The Labute approximate surface area is 126 Å². The average molecular weight is 329 g/mol. The molecule has 0 radical (unpaired) electrons. The molecule has 0 saturated heterocycles. The summed E-state index contributed by atoms with van der Waals surface area (Å²) in [6.07, 6.45) is -5.05. The standard InChI is InChI=1S/C12H10F3N5O3/c13-12(14,15)5-9(11(22)23)17-10(21)7-1-3-8(4-2-7)20-6-16-18-19-20/h1-4,6,9H,5H2,(H,17,21)(H,22,23). The highest BCUT2D eigenvalue weighted by Crippen LogP contribution is 2.22. The van der Waals surface area contributed by atoms with Gasteiger partial charge in [0.1, 0.15) is 12.4 Å². The molecule has 1 unspecified atom stereocenters. The van der Waals surface area contributed by atoms with Gasteiger partial charge in [-0.25, -0.2) is 9.48 Å². The Hall–Kier alpha value is -2.98. The normalized spacial score (nSPS) is 12.7. The fourth-order valence-corrected chi connectivity index (χ4v) is 1.72. The number of benzene rings is 1. The molecule has 0 saturated carbocycles. The van der Waals surface area contributed by atoms with Crippen LogP contribution in [0.5, 0.6) is 0 Å². The number of carbonyl (C=O) groups is 2. The zero-order chi connectivity index (χ0) is 17.0. The number of tetrazole rings is 1. The summed E-state index contributed by atoms with van der Waals surface area (Å²) < 4.78 is 38.2. The van der Waals surface area contributed by atoms with Gasteiger partial charge in [0.05, 0.1) is 12.1 Å². The number of carbonyl (C=O) groups excluding carboxylic acids is 1. The first-order valence-corrected chi connectivity index (χ1v) is 6.20. The molecule has 1 aromatic heterocycles. The topological polar surface area (TPSA) is 110 Å². The van der Waals surface area contributed by atoms with Crippen molar-refractivity contribution in [2.24, 2.45) is 0 Å². The number of nitrogens with one attached hydrogen (secondary N) is 1. The van der Waals surface area contributed by atoms with Crippen LogP contribution in [-0.4, -0.2) is 49.4 Å². The predicted molar refractivity (Wildman–Crippen MR) is 68.7 cm³/mol. The quantitative estimate of drug-likeness (QED) is 0.839. The van der Waals surface area contributed by atoms with Gasteiger partial charge in [0.25, 0.3) is 5.91 Å². The molecule has 1 heterocycles. The van der Waals surface area contributed by atoms with E-state index in [1.165, 1.54) is 35.3 Å². The summed E-state index contributed by atoms with van der Waals surface area (Å²) in [6, 6.07) is 3.51. The molecule has 11 heteroatoms. The van der Waals surface area contributed by atoms with Crippen LogP contribution in [-0.2, 0) is 4.79 Å². The van der Waals surface area contributed by atoms with Gasteiger partial charge in [-0.2, -0.15) is 13.2 Å². The van der Waals surface area contributed by atoms with Gasteiger partial charge in [0.2, 0.25) is 0 Å². The largest absolute Gasteiger partial charge is 0.480 e. The highest BCUT2D eigenvalue weighted by molar-refractivity contribution is 5.96. The van der Waals surface area contributed by atoms with E-state index in [0.29, 0.717) is 5.69 Å². The fourth-order valence-electron chi connectivity index (χ4n) is 1.72. The van der Waals surface area contributed by atoms with Crippen LogP contribution in [0.2, 0.25) is 0 Å². The molecule has 2 rings (SSSR count). The summed E-state index contributed by atoms with van der Waals surface area (Å²) in [5.41, 5.74) is 0.534. The van der Waals surface area contributed by atoms with Crippen LogP contribution in [0.25, 0.3) is 5.69 Å². The number of alkyl halides is 3. The lowest BCUT2D eigenvalue weighted by Crippen LogP contribution is -2.43. The number of aromatic nitrogens is 4. The highest BCUT2D eigenvalue weighted by Gasteiger charge is 2.36. The predicted octanol–water partition coefficient (Wildman–Crippen LogP) is 0.798. The Bertz CT molecular complexity index is 685. The molecule has 0 spiro atoms. The minimum atomic E-state index is -4.71. The van der Waals surface area contributed by atoms with E-state index < -0.39 is 30.5 Å². The summed E-state index contributed by atoms with van der Waals surface area (Å²) in [7, 11) is 0. The number of aliphatic carboxylic acids is 1. The third-order valence-corrected chi connectivity index (χ3v) is 2.78. The van der Waals surface area contributed by atoms with E-state index in [4.69, 9.17) is 5.11 Å². The maximum atomic E-state index is 12.3. The van der Waals surface area contributed by atoms with Crippen molar-refractivity contribution in [3.05, 3.63) is 36.2 Å². The number of carboxylic acid groups (broad SMARTS) is 1. The third-order valence-electron chi connectivity index (χ3n) is 2.78. The van der Waals surface area contributed by atoms with Crippen LogP contribution in [0.1, 0.15) is 16.8 Å². The van der Waals surface area contributed by atoms with E-state index in [1.54, 1.807) is 0 Å². The summed E-state index contributed by atoms with van der Waals surface area (Å²) in [6.45, 7) is 0. The Kier molecular flexibility index (Phi) is 4.57. The molecule has 2 N–H and O–H groups in total. The molecule has 1 atom stereocenters. The molecule has 122 valence electrons. The SMILES string of the molecule is O=C(NC(CC(F)(F)F)C(=O)O)c1ccc(-n2cnnn2)cc1. The minimum absolute atomic E-state index is 0.00949. The van der Waals surface area contributed by atoms with Crippen LogP contribution < -0.4 is 5.32 Å². The summed E-state index contributed by atoms with van der Waals surface area (Å²) >= 11 is 0. The van der Waals surface area contributed by atoms with Gasteiger partial charge in [-0.1, -0.05) is 0 Å². The molecule has 8 nitrogen and oxygen atoms in total. The smallest absolute Gasteiger partial charge is 0.391 e. The molecule has 1 amide bonds. The van der Waals surface area contributed by atoms with E-state index in [0.717, 1.165) is 0 Å². The van der Waals surface area contributed by atoms with Gasteiger partial charge in [0, 0.05) is 5.56 Å². The molecule has 23 heavy (non-hydrogen) atoms. The van der Waals surface area contributed by atoms with Crippen LogP contribution in [0, 0.1) is 0 Å². The minimum Gasteiger partial charge on any atom is -0.480 e. The number of hydrogen-bond acceptors (Lipinski definition) is 5. The molecular weight excluding hydrogens is 319 g/mol. The van der Waals surface area contributed by atoms with E-state index >= 15 is 0 Å². The Morgan fingerprint density at radius 3 is 2.39 bits per heavy atom. The third kappa shape index (κ3) is 4.49. The molecular formula is C12H10F3N5O3. The van der Waals surface area contributed by atoms with Gasteiger partial charge in [-0.05, 0) is 34.7 Å². The lowest BCUT2D eigenvalue weighted by atomic mass is 10.1. The second-order valence-corrected chi connectivity index (χ2v) is 4.48. The molecule has 0 aliphatic carbocycles. The Morgan fingerprint density at radius 2 is 1.91 bits per heavy atom. The zero-order valence-corrected chi connectivity index (χ0v) is 11.4. The monoisotopic (exact) mass is 329 g/mol. The number of carboxylic acids is 1. The summed E-state index contributed by atoms with van der Waals surface area (Å²) in [4.78, 5) is 22.7. The molecule has 2 aromatic rings. The van der Waals surface area contributed by atoms with Crippen molar-refractivity contribution in [2.45, 2.75) is 18.6 Å². The molecule has 0 fully saturated rings. The first-order chi connectivity index (χ1) is 10.8. The van der Waals surface area contributed by atoms with Crippen molar-refractivity contribution in [1.82, 2.24) is 25.5 Å². The van der Waals surface area contributed by atoms with Crippen molar-refractivity contribution < 1.29 is 27.9 Å². The number of rotatable bonds is 5. The lowest BCUT2D eigenvalue weighted by molar-refractivity contribution is -0.157. The van der Waals surface area contributed by atoms with Gasteiger partial charge in [-0.3, -0.25) is 4.79 Å². The fraction of sp³-hybridized carbons (Fsp3) is 0.250. The van der Waals surface area contributed by atoms with E-state index in [-0.39, 0.29) is 5.56 Å². The van der Waals surface area contributed by atoms with E-state index in [1.807, 2.05) is 5.32 Å². The number of nitrogens with zero attached hydrogens (tertiary/aromatic N) is 4. The van der Waals surface area contributed by atoms with Crippen molar-refractivity contribution in [2.75, 3.05) is 0 Å². The van der Waals surface area contributed by atoms with Gasteiger partial charge >= 0.3 is 12.1 Å². The molecule has 0 aliphatic heterocycles. The zero-order valence-electron chi connectivity index (χ0n) is 11.4. The van der Waals surface area contributed by atoms with Crippen molar-refractivity contribution in [3.8, 4) is 5.69 Å². The Balaban J connectivity index is 2.08. The Morgan fingerprint density at radius 1 is 1.26 bits per heavy atom. The number of hydrogen-bond donors (Lipinski definition) is 2.